The molecule has 0 saturated carbocycles. The predicted molar refractivity (Wildman–Crippen MR) is 187 cm³/mol. The van der Waals surface area contributed by atoms with Crippen molar-refractivity contribution in [1.29, 1.82) is 0 Å². The lowest BCUT2D eigenvalue weighted by Gasteiger charge is -2.24. The first kappa shape index (κ1) is 50.2. The van der Waals surface area contributed by atoms with Gasteiger partial charge in [0.05, 0.1) is 165 Å². The molecule has 0 aliphatic heterocycles. The second kappa shape index (κ2) is 38.9. The highest BCUT2D eigenvalue weighted by Gasteiger charge is 2.19. The van der Waals surface area contributed by atoms with E-state index in [4.69, 9.17) is 71.4 Å². The highest BCUT2D eigenvalue weighted by atomic mass is 16.6. The van der Waals surface area contributed by atoms with Crippen molar-refractivity contribution >= 4 is 12.1 Å². The van der Waals surface area contributed by atoms with Gasteiger partial charge in [0.1, 0.15) is 12.2 Å². The molecule has 0 bridgehead atoms. The van der Waals surface area contributed by atoms with E-state index in [0.717, 1.165) is 0 Å². The zero-order chi connectivity index (χ0) is 38.2. The summed E-state index contributed by atoms with van der Waals surface area (Å²) >= 11 is 0. The van der Waals surface area contributed by atoms with Crippen molar-refractivity contribution in [2.45, 2.75) is 26.4 Å². The molecule has 0 saturated heterocycles. The lowest BCUT2D eigenvalue weighted by Crippen LogP contribution is -2.36. The molecule has 0 spiro atoms. The second-order valence-electron chi connectivity index (χ2n) is 11.7. The van der Waals surface area contributed by atoms with Gasteiger partial charge in [0.2, 0.25) is 0 Å². The first-order chi connectivity index (χ1) is 25.2. The highest BCUT2D eigenvalue weighted by Crippen LogP contribution is 2.08. The lowest BCUT2D eigenvalue weighted by molar-refractivity contribution is -0.142. The van der Waals surface area contributed by atoms with Crippen LogP contribution >= 0.6 is 0 Å². The first-order valence-corrected chi connectivity index (χ1v) is 17.9. The van der Waals surface area contributed by atoms with Crippen LogP contribution in [0.4, 0.5) is 4.79 Å². The van der Waals surface area contributed by atoms with Crippen LogP contribution in [0.1, 0.15) is 20.8 Å². The molecule has 0 heterocycles. The molecule has 0 aliphatic carbocycles. The van der Waals surface area contributed by atoms with Gasteiger partial charge >= 0.3 is 12.1 Å². The zero-order valence-electron chi connectivity index (χ0n) is 32.0. The Bertz CT molecular complexity index is 775. The summed E-state index contributed by atoms with van der Waals surface area (Å²) in [6, 6.07) is 0. The average molecular weight is 762 g/mol. The Kier molecular flexibility index (Phi) is 37.6. The predicted octanol–water partition coefficient (Wildman–Crippen LogP) is 1.15. The van der Waals surface area contributed by atoms with E-state index < -0.39 is 11.6 Å². The monoisotopic (exact) mass is 761 g/mol. The molecule has 0 rings (SSSR count). The first-order valence-electron chi connectivity index (χ1n) is 17.9. The third kappa shape index (κ3) is 42.6. The number of nitrogens with zero attached hydrogens (tertiary/aromatic N) is 1. The summed E-state index contributed by atoms with van der Waals surface area (Å²) in [6.45, 7) is 16.9. The number of carbonyl (C=O) groups excluding carboxylic acids is 1. The second-order valence-corrected chi connectivity index (χ2v) is 11.7. The third-order valence-corrected chi connectivity index (χ3v) is 5.97. The van der Waals surface area contributed by atoms with Gasteiger partial charge in [-0.25, -0.2) is 9.59 Å². The SMILES string of the molecule is CN(CCOCCOCCOCCOCCOCCOCCOCCOCCOCCOCCOCCOCCOCC(=O)O)C(=O)OC(C)(C)C. The fraction of sp³-hybridized carbons (Fsp3) is 0.941. The fourth-order valence-electron chi connectivity index (χ4n) is 3.43. The molecule has 1 N–H and O–H groups in total. The van der Waals surface area contributed by atoms with E-state index in [1.807, 2.05) is 20.8 Å². The van der Waals surface area contributed by atoms with Crippen LogP contribution in [0.15, 0.2) is 0 Å². The van der Waals surface area contributed by atoms with Crippen molar-refractivity contribution in [2.75, 3.05) is 185 Å². The van der Waals surface area contributed by atoms with E-state index in [-0.39, 0.29) is 19.3 Å². The van der Waals surface area contributed by atoms with Gasteiger partial charge < -0.3 is 76.3 Å². The molecule has 0 aliphatic rings. The Balaban J connectivity index is 3.13. The smallest absolute Gasteiger partial charge is 0.410 e. The molecule has 52 heavy (non-hydrogen) atoms. The van der Waals surface area contributed by atoms with E-state index in [0.29, 0.717) is 165 Å². The molecule has 0 fully saturated rings. The lowest BCUT2D eigenvalue weighted by atomic mass is 10.2. The standard InChI is InChI=1S/C34H67NO17/c1-34(2,3)52-33(38)35(4)5-6-39-7-8-40-9-10-41-11-12-42-13-14-43-15-16-44-17-18-45-19-20-46-21-22-47-23-24-48-25-26-49-27-28-50-29-30-51-31-32(36)37/h5-31H2,1-4H3,(H,36,37). The van der Waals surface area contributed by atoms with Gasteiger partial charge in [-0.2, -0.15) is 0 Å². The maximum absolute atomic E-state index is 11.9. The molecule has 1 amide bonds. The molecule has 0 aromatic heterocycles. The van der Waals surface area contributed by atoms with Crippen molar-refractivity contribution in [3.05, 3.63) is 0 Å². The Morgan fingerprint density at radius 2 is 0.615 bits per heavy atom. The molecule has 0 aromatic rings. The van der Waals surface area contributed by atoms with Gasteiger partial charge in [-0.05, 0) is 20.8 Å². The summed E-state index contributed by atoms with van der Waals surface area (Å²) in [5, 5.41) is 8.43. The molecule has 0 atom stereocenters. The number of aliphatic carboxylic acids is 1. The van der Waals surface area contributed by atoms with Crippen LogP contribution in [0.2, 0.25) is 0 Å². The Morgan fingerprint density at radius 1 is 0.404 bits per heavy atom. The minimum Gasteiger partial charge on any atom is -0.480 e. The number of amides is 1. The molecule has 18 nitrogen and oxygen atoms in total. The topological polar surface area (TPSA) is 187 Å². The largest absolute Gasteiger partial charge is 0.480 e. The van der Waals surface area contributed by atoms with Crippen molar-refractivity contribution < 1.29 is 81.0 Å². The number of carboxylic acid groups (broad SMARTS) is 1. The summed E-state index contributed by atoms with van der Waals surface area (Å²) in [5.41, 5.74) is -0.516. The number of hydrogen-bond donors (Lipinski definition) is 1. The molecule has 0 radical (unpaired) electrons. The number of carboxylic acids is 1. The number of rotatable bonds is 41. The van der Waals surface area contributed by atoms with Crippen LogP contribution in [0, 0.1) is 0 Å². The van der Waals surface area contributed by atoms with Crippen molar-refractivity contribution in [1.82, 2.24) is 4.90 Å². The molecule has 310 valence electrons. The highest BCUT2D eigenvalue weighted by molar-refractivity contribution is 5.68. The van der Waals surface area contributed by atoms with E-state index in [1.165, 1.54) is 4.90 Å². The van der Waals surface area contributed by atoms with Crippen LogP contribution in [0.25, 0.3) is 0 Å². The fourth-order valence-corrected chi connectivity index (χ4v) is 3.43. The quantitative estimate of drug-likeness (QED) is 0.0874. The maximum Gasteiger partial charge on any atom is 0.410 e. The van der Waals surface area contributed by atoms with Gasteiger partial charge in [0, 0.05) is 13.6 Å². The summed E-state index contributed by atoms with van der Waals surface area (Å²) in [5.74, 6) is -1.000. The van der Waals surface area contributed by atoms with E-state index in [9.17, 15) is 9.59 Å². The average Bonchev–Trinajstić information content (AvgIpc) is 3.09. The maximum atomic E-state index is 11.9. The van der Waals surface area contributed by atoms with Crippen molar-refractivity contribution in [3.63, 3.8) is 0 Å². The zero-order valence-corrected chi connectivity index (χ0v) is 32.0. The molecular formula is C34H67NO17. The number of likely N-dealkylation sites (N-methyl/N-ethyl adjacent to an activating group) is 1. The normalized spacial score (nSPS) is 11.7. The number of ether oxygens (including phenoxy) is 14. The van der Waals surface area contributed by atoms with Crippen molar-refractivity contribution in [3.8, 4) is 0 Å². The summed E-state index contributed by atoms with van der Waals surface area (Å²) < 4.78 is 75.4. The Labute approximate surface area is 309 Å². The summed E-state index contributed by atoms with van der Waals surface area (Å²) in [4.78, 5) is 23.6. The van der Waals surface area contributed by atoms with Gasteiger partial charge in [0.15, 0.2) is 0 Å². The third-order valence-electron chi connectivity index (χ3n) is 5.97. The van der Waals surface area contributed by atoms with Crippen LogP contribution in [-0.4, -0.2) is 213 Å². The van der Waals surface area contributed by atoms with Gasteiger partial charge in [-0.15, -0.1) is 0 Å². The van der Waals surface area contributed by atoms with Crippen LogP contribution in [0.5, 0.6) is 0 Å². The van der Waals surface area contributed by atoms with E-state index in [2.05, 4.69) is 0 Å². The van der Waals surface area contributed by atoms with Gasteiger partial charge in [0.25, 0.3) is 0 Å². The van der Waals surface area contributed by atoms with Gasteiger partial charge in [-0.1, -0.05) is 0 Å². The number of hydrogen-bond acceptors (Lipinski definition) is 16. The molecule has 18 heteroatoms. The molecule has 0 unspecified atom stereocenters. The minimum absolute atomic E-state index is 0.236. The minimum atomic E-state index is -1.000. The van der Waals surface area contributed by atoms with E-state index >= 15 is 0 Å². The summed E-state index contributed by atoms with van der Waals surface area (Å²) in [6.07, 6.45) is -0.370. The van der Waals surface area contributed by atoms with Crippen LogP contribution < -0.4 is 0 Å². The number of carbonyl (C=O) groups is 2. The Morgan fingerprint density at radius 3 is 0.827 bits per heavy atom. The van der Waals surface area contributed by atoms with Crippen molar-refractivity contribution in [2.24, 2.45) is 0 Å². The molecule has 0 aromatic carbocycles. The summed E-state index contributed by atoms with van der Waals surface area (Å²) in [7, 11) is 1.68. The van der Waals surface area contributed by atoms with Crippen LogP contribution in [0.3, 0.4) is 0 Å². The van der Waals surface area contributed by atoms with Gasteiger partial charge in [-0.3, -0.25) is 0 Å². The molecular weight excluding hydrogens is 694 g/mol. The Hall–Kier alpha value is -1.78. The van der Waals surface area contributed by atoms with E-state index in [1.54, 1.807) is 7.05 Å². The van der Waals surface area contributed by atoms with Crippen LogP contribution in [-0.2, 0) is 71.1 Å².